The first-order chi connectivity index (χ1) is 9.70. The van der Waals surface area contributed by atoms with E-state index in [1.54, 1.807) is 0 Å². The first-order valence-electron chi connectivity index (χ1n) is 7.02. The molecule has 0 heterocycles. The van der Waals surface area contributed by atoms with Crippen LogP contribution in [0, 0.1) is 11.3 Å². The van der Waals surface area contributed by atoms with Gasteiger partial charge in [0.15, 0.2) is 0 Å². The molecule has 1 aliphatic carbocycles. The quantitative estimate of drug-likeness (QED) is 0.644. The van der Waals surface area contributed by atoms with Crippen molar-refractivity contribution in [1.29, 1.82) is 5.41 Å². The summed E-state index contributed by atoms with van der Waals surface area (Å²) < 4.78 is 38.9. The zero-order chi connectivity index (χ0) is 15.8. The van der Waals surface area contributed by atoms with Crippen LogP contribution in [0.5, 0.6) is 0 Å². The molecule has 1 aromatic rings. The van der Waals surface area contributed by atoms with Crippen LogP contribution in [0.25, 0.3) is 0 Å². The molecule has 0 bridgehead atoms. The highest BCUT2D eigenvalue weighted by atomic mass is 19.4. The van der Waals surface area contributed by atoms with E-state index < -0.39 is 17.6 Å². The molecule has 1 fully saturated rings. The molecule has 3 nitrogen and oxygen atoms in total. The average Bonchev–Trinajstić information content (AvgIpc) is 3.17. The topological polar surface area (TPSA) is 53.1 Å². The van der Waals surface area contributed by atoms with Gasteiger partial charge in [0.2, 0.25) is 0 Å². The molecule has 0 atom stereocenters. The summed E-state index contributed by atoms with van der Waals surface area (Å²) in [5.74, 6) is 0.0646. The van der Waals surface area contributed by atoms with Crippen molar-refractivity contribution in [2.75, 3.05) is 11.4 Å². The van der Waals surface area contributed by atoms with Crippen LogP contribution in [-0.4, -0.2) is 18.4 Å². The summed E-state index contributed by atoms with van der Waals surface area (Å²) in [4.78, 5) is 2.07. The summed E-state index contributed by atoms with van der Waals surface area (Å²) >= 11 is 0. The number of amidine groups is 1. The fraction of sp³-hybridized carbons (Fsp3) is 0.533. The van der Waals surface area contributed by atoms with Crippen molar-refractivity contribution in [1.82, 2.24) is 0 Å². The van der Waals surface area contributed by atoms with Crippen LogP contribution in [0.3, 0.4) is 0 Å². The van der Waals surface area contributed by atoms with Crippen LogP contribution in [0.2, 0.25) is 0 Å². The number of hydrogen-bond donors (Lipinski definition) is 2. The maximum atomic E-state index is 13.0. The monoisotopic (exact) mass is 299 g/mol. The molecular weight excluding hydrogens is 279 g/mol. The summed E-state index contributed by atoms with van der Waals surface area (Å²) in [6.07, 6.45) is -2.16. The van der Waals surface area contributed by atoms with Gasteiger partial charge in [-0.25, -0.2) is 0 Å². The van der Waals surface area contributed by atoms with Gasteiger partial charge in [0.25, 0.3) is 0 Å². The highest BCUT2D eigenvalue weighted by molar-refractivity contribution is 5.97. The van der Waals surface area contributed by atoms with Crippen molar-refractivity contribution >= 4 is 11.5 Å². The third-order valence-corrected chi connectivity index (χ3v) is 3.71. The van der Waals surface area contributed by atoms with E-state index in [1.165, 1.54) is 25.0 Å². The van der Waals surface area contributed by atoms with Gasteiger partial charge in [-0.15, -0.1) is 0 Å². The first-order valence-corrected chi connectivity index (χ1v) is 7.02. The molecule has 0 unspecified atom stereocenters. The Morgan fingerprint density at radius 2 is 2.00 bits per heavy atom. The number of nitrogens with two attached hydrogens (primary N) is 1. The smallest absolute Gasteiger partial charge is 0.384 e. The molecule has 21 heavy (non-hydrogen) atoms. The molecule has 116 valence electrons. The van der Waals surface area contributed by atoms with Gasteiger partial charge in [-0.3, -0.25) is 5.41 Å². The fourth-order valence-corrected chi connectivity index (χ4v) is 2.37. The Hall–Kier alpha value is -1.72. The summed E-state index contributed by atoms with van der Waals surface area (Å²) in [5.41, 5.74) is 4.92. The minimum absolute atomic E-state index is 0.183. The number of benzene rings is 1. The van der Waals surface area contributed by atoms with Crippen molar-refractivity contribution in [3.8, 4) is 0 Å². The Morgan fingerprint density at radius 3 is 2.43 bits per heavy atom. The third kappa shape index (κ3) is 3.68. The second-order valence-corrected chi connectivity index (χ2v) is 5.83. The molecule has 1 aromatic carbocycles. The van der Waals surface area contributed by atoms with Crippen LogP contribution in [0.4, 0.5) is 18.9 Å². The van der Waals surface area contributed by atoms with Crippen molar-refractivity contribution in [2.24, 2.45) is 11.7 Å². The molecular formula is C15H20F3N3. The maximum Gasteiger partial charge on any atom is 0.417 e. The second kappa shape index (κ2) is 5.58. The van der Waals surface area contributed by atoms with Gasteiger partial charge in [-0.2, -0.15) is 13.2 Å². The molecule has 3 N–H and O–H groups in total. The number of anilines is 1. The van der Waals surface area contributed by atoms with Crippen LogP contribution in [0.15, 0.2) is 18.2 Å². The SMILES string of the molecule is CC(C)N(CC1CC1)c1ccc(C(F)(F)F)c(C(=N)N)c1. The molecule has 0 saturated heterocycles. The Morgan fingerprint density at radius 1 is 1.38 bits per heavy atom. The standard InChI is InChI=1S/C15H20F3N3/c1-9(2)21(8-10-3-4-10)11-5-6-13(15(16,17)18)12(7-11)14(19)20/h5-7,9-10H,3-4,8H2,1-2H3,(H3,19,20). The van der Waals surface area contributed by atoms with E-state index in [1.807, 2.05) is 13.8 Å². The van der Waals surface area contributed by atoms with Gasteiger partial charge in [0, 0.05) is 23.8 Å². The molecule has 0 aliphatic heterocycles. The van der Waals surface area contributed by atoms with Crippen molar-refractivity contribution in [3.63, 3.8) is 0 Å². The van der Waals surface area contributed by atoms with Gasteiger partial charge in [0.05, 0.1) is 5.56 Å². The molecule has 1 aliphatic rings. The number of alkyl halides is 3. The summed E-state index contributed by atoms with van der Waals surface area (Å²) in [6, 6.07) is 4.06. The fourth-order valence-electron chi connectivity index (χ4n) is 2.37. The van der Waals surface area contributed by atoms with Gasteiger partial charge >= 0.3 is 6.18 Å². The van der Waals surface area contributed by atoms with E-state index in [4.69, 9.17) is 11.1 Å². The van der Waals surface area contributed by atoms with E-state index in [-0.39, 0.29) is 11.6 Å². The molecule has 1 saturated carbocycles. The zero-order valence-corrected chi connectivity index (χ0v) is 12.2. The van der Waals surface area contributed by atoms with E-state index in [0.717, 1.165) is 12.6 Å². The van der Waals surface area contributed by atoms with E-state index in [9.17, 15) is 13.2 Å². The Bertz CT molecular complexity index is 533. The van der Waals surface area contributed by atoms with Crippen LogP contribution < -0.4 is 10.6 Å². The van der Waals surface area contributed by atoms with Gasteiger partial charge in [-0.1, -0.05) is 0 Å². The second-order valence-electron chi connectivity index (χ2n) is 5.83. The number of nitrogen functional groups attached to an aromatic ring is 1. The third-order valence-electron chi connectivity index (χ3n) is 3.71. The average molecular weight is 299 g/mol. The van der Waals surface area contributed by atoms with Crippen LogP contribution >= 0.6 is 0 Å². The molecule has 0 aromatic heterocycles. The lowest BCUT2D eigenvalue weighted by Crippen LogP contribution is -2.33. The molecule has 6 heteroatoms. The Labute approximate surface area is 122 Å². The highest BCUT2D eigenvalue weighted by Crippen LogP contribution is 2.36. The first kappa shape index (κ1) is 15.7. The molecule has 0 radical (unpaired) electrons. The lowest BCUT2D eigenvalue weighted by Gasteiger charge is -2.30. The summed E-state index contributed by atoms with van der Waals surface area (Å²) in [6.45, 7) is 4.85. The van der Waals surface area contributed by atoms with E-state index in [2.05, 4.69) is 4.90 Å². The lowest BCUT2D eigenvalue weighted by atomic mass is 10.0. The normalized spacial score (nSPS) is 15.3. The zero-order valence-electron chi connectivity index (χ0n) is 12.2. The Balaban J connectivity index is 2.40. The van der Waals surface area contributed by atoms with Gasteiger partial charge < -0.3 is 10.6 Å². The minimum Gasteiger partial charge on any atom is -0.384 e. The maximum absolute atomic E-state index is 13.0. The molecule has 2 rings (SSSR count). The lowest BCUT2D eigenvalue weighted by molar-refractivity contribution is -0.137. The minimum atomic E-state index is -4.50. The highest BCUT2D eigenvalue weighted by Gasteiger charge is 2.35. The molecule has 0 spiro atoms. The molecule has 0 amide bonds. The van der Waals surface area contributed by atoms with Crippen molar-refractivity contribution < 1.29 is 13.2 Å². The number of nitrogens with zero attached hydrogens (tertiary/aromatic N) is 1. The largest absolute Gasteiger partial charge is 0.417 e. The number of halogens is 3. The van der Waals surface area contributed by atoms with E-state index >= 15 is 0 Å². The van der Waals surface area contributed by atoms with Gasteiger partial charge in [0.1, 0.15) is 5.84 Å². The van der Waals surface area contributed by atoms with Crippen molar-refractivity contribution in [2.45, 2.75) is 38.9 Å². The predicted molar refractivity (Wildman–Crippen MR) is 77.7 cm³/mol. The number of hydrogen-bond acceptors (Lipinski definition) is 2. The Kier molecular flexibility index (Phi) is 4.16. The van der Waals surface area contributed by atoms with Gasteiger partial charge in [-0.05, 0) is 50.8 Å². The predicted octanol–water partition coefficient (Wildman–Crippen LogP) is 3.61. The van der Waals surface area contributed by atoms with Crippen LogP contribution in [-0.2, 0) is 6.18 Å². The number of nitrogens with one attached hydrogen (secondary N) is 1. The van der Waals surface area contributed by atoms with E-state index in [0.29, 0.717) is 11.6 Å². The summed E-state index contributed by atoms with van der Waals surface area (Å²) in [5, 5.41) is 7.41. The number of rotatable bonds is 5. The van der Waals surface area contributed by atoms with Crippen LogP contribution in [0.1, 0.15) is 37.8 Å². The van der Waals surface area contributed by atoms with Crippen molar-refractivity contribution in [3.05, 3.63) is 29.3 Å². The summed E-state index contributed by atoms with van der Waals surface area (Å²) in [7, 11) is 0.